The van der Waals surface area contributed by atoms with Crippen LogP contribution < -0.4 is 0 Å². The van der Waals surface area contributed by atoms with E-state index in [1.165, 1.54) is 37.7 Å². The molecule has 0 radical (unpaired) electrons. The van der Waals surface area contributed by atoms with E-state index in [-0.39, 0.29) is 17.3 Å². The molecule has 126 valence electrons. The molecule has 4 rings (SSSR count). The molecule has 4 aliphatic rings. The molecule has 0 aromatic carbocycles. The summed E-state index contributed by atoms with van der Waals surface area (Å²) in [7, 11) is 0. The van der Waals surface area contributed by atoms with Crippen molar-refractivity contribution in [2.45, 2.75) is 65.4 Å². The van der Waals surface area contributed by atoms with E-state index in [2.05, 4.69) is 19.9 Å². The zero-order valence-corrected chi connectivity index (χ0v) is 14.7. The van der Waals surface area contributed by atoms with Crippen LogP contribution in [0.15, 0.2) is 23.8 Å². The van der Waals surface area contributed by atoms with Crippen LogP contribution in [0.25, 0.3) is 0 Å². The fourth-order valence-corrected chi connectivity index (χ4v) is 7.03. The summed E-state index contributed by atoms with van der Waals surface area (Å²) in [5.74, 6) is 2.84. The van der Waals surface area contributed by atoms with E-state index in [0.717, 1.165) is 18.3 Å². The molecule has 3 fully saturated rings. The Hall–Kier alpha value is -0.890. The van der Waals surface area contributed by atoms with Gasteiger partial charge in [0, 0.05) is 5.41 Å². The highest BCUT2D eigenvalue weighted by Gasteiger charge is 2.58. The Balaban J connectivity index is 1.67. The minimum atomic E-state index is -0.177. The number of hydrogen-bond acceptors (Lipinski definition) is 2. The average Bonchev–Trinajstić information content (AvgIpc) is 2.85. The zero-order valence-electron chi connectivity index (χ0n) is 14.7. The summed E-state index contributed by atoms with van der Waals surface area (Å²) in [6, 6.07) is 0. The summed E-state index contributed by atoms with van der Waals surface area (Å²) < 4.78 is 0. The third-order valence-electron chi connectivity index (χ3n) is 8.21. The summed E-state index contributed by atoms with van der Waals surface area (Å²) in [5, 5.41) is 10.3. The van der Waals surface area contributed by atoms with Gasteiger partial charge in [-0.3, -0.25) is 4.79 Å². The second-order valence-corrected chi connectivity index (χ2v) is 9.07. The number of ketones is 1. The van der Waals surface area contributed by atoms with Crippen molar-refractivity contribution in [3.63, 3.8) is 0 Å². The Morgan fingerprint density at radius 1 is 1.17 bits per heavy atom. The van der Waals surface area contributed by atoms with E-state index in [1.807, 2.05) is 13.0 Å². The van der Waals surface area contributed by atoms with Gasteiger partial charge in [0.15, 0.2) is 5.78 Å². The highest BCUT2D eigenvalue weighted by atomic mass is 16.3. The van der Waals surface area contributed by atoms with Gasteiger partial charge in [0.25, 0.3) is 0 Å². The van der Waals surface area contributed by atoms with Crippen LogP contribution in [-0.2, 0) is 4.79 Å². The van der Waals surface area contributed by atoms with Gasteiger partial charge in [-0.15, -0.1) is 0 Å². The number of hydrogen-bond donors (Lipinski definition) is 1. The van der Waals surface area contributed by atoms with Crippen molar-refractivity contribution < 1.29 is 9.90 Å². The maximum absolute atomic E-state index is 11.8. The normalized spacial score (nSPS) is 49.9. The molecule has 0 unspecified atom stereocenters. The molecule has 0 aromatic rings. The highest BCUT2D eigenvalue weighted by molar-refractivity contribution is 6.01. The number of fused-ring (bicyclic) bond motifs is 5. The van der Waals surface area contributed by atoms with Gasteiger partial charge in [0.1, 0.15) is 0 Å². The van der Waals surface area contributed by atoms with Gasteiger partial charge in [-0.1, -0.05) is 25.5 Å². The second kappa shape index (κ2) is 5.05. The van der Waals surface area contributed by atoms with Crippen LogP contribution in [0.3, 0.4) is 0 Å². The molecular weight excluding hydrogens is 284 g/mol. The zero-order chi connectivity index (χ0) is 16.4. The van der Waals surface area contributed by atoms with Crippen LogP contribution in [-0.4, -0.2) is 17.0 Å². The molecule has 1 N–H and O–H groups in total. The van der Waals surface area contributed by atoms with Gasteiger partial charge in [0.05, 0.1) is 6.10 Å². The van der Waals surface area contributed by atoms with E-state index >= 15 is 0 Å². The van der Waals surface area contributed by atoms with E-state index in [4.69, 9.17) is 0 Å². The summed E-state index contributed by atoms with van der Waals surface area (Å²) in [5.41, 5.74) is 1.79. The van der Waals surface area contributed by atoms with E-state index in [1.54, 1.807) is 6.08 Å². The third kappa shape index (κ3) is 2.06. The summed E-state index contributed by atoms with van der Waals surface area (Å²) in [4.78, 5) is 11.8. The fourth-order valence-electron chi connectivity index (χ4n) is 7.03. The van der Waals surface area contributed by atoms with Crippen molar-refractivity contribution in [1.29, 1.82) is 0 Å². The molecule has 0 amide bonds. The topological polar surface area (TPSA) is 37.3 Å². The van der Waals surface area contributed by atoms with Crippen LogP contribution in [0.1, 0.15) is 59.3 Å². The quantitative estimate of drug-likeness (QED) is 0.784. The summed E-state index contributed by atoms with van der Waals surface area (Å²) >= 11 is 0. The molecule has 4 aliphatic carbocycles. The van der Waals surface area contributed by atoms with Gasteiger partial charge in [-0.25, -0.2) is 0 Å². The molecule has 7 atom stereocenters. The van der Waals surface area contributed by atoms with E-state index < -0.39 is 0 Å². The van der Waals surface area contributed by atoms with Crippen molar-refractivity contribution in [2.24, 2.45) is 34.5 Å². The number of carbonyl (C=O) groups is 1. The lowest BCUT2D eigenvalue weighted by Crippen LogP contribution is -2.50. The lowest BCUT2D eigenvalue weighted by molar-refractivity contribution is -0.111. The fraction of sp³-hybridized carbons (Fsp3) is 0.762. The molecule has 0 aromatic heterocycles. The average molecular weight is 314 g/mol. The van der Waals surface area contributed by atoms with E-state index in [0.29, 0.717) is 17.3 Å². The predicted molar refractivity (Wildman–Crippen MR) is 91.8 cm³/mol. The number of rotatable bonds is 1. The predicted octanol–water partition coefficient (Wildman–Crippen LogP) is 4.29. The van der Waals surface area contributed by atoms with Crippen molar-refractivity contribution in [2.75, 3.05) is 0 Å². The molecule has 0 heterocycles. The monoisotopic (exact) mass is 314 g/mol. The molecule has 0 bridgehead atoms. The summed E-state index contributed by atoms with van der Waals surface area (Å²) in [6.07, 6.45) is 13.0. The van der Waals surface area contributed by atoms with Crippen molar-refractivity contribution in [3.8, 4) is 0 Å². The molecule has 23 heavy (non-hydrogen) atoms. The van der Waals surface area contributed by atoms with Crippen molar-refractivity contribution >= 4 is 5.78 Å². The van der Waals surface area contributed by atoms with Crippen LogP contribution in [0.4, 0.5) is 0 Å². The van der Waals surface area contributed by atoms with Gasteiger partial charge in [0.2, 0.25) is 0 Å². The Morgan fingerprint density at radius 2 is 1.96 bits per heavy atom. The molecule has 2 nitrogen and oxygen atoms in total. The van der Waals surface area contributed by atoms with Gasteiger partial charge < -0.3 is 5.11 Å². The van der Waals surface area contributed by atoms with Crippen LogP contribution >= 0.6 is 0 Å². The molecule has 0 spiro atoms. The first-order chi connectivity index (χ1) is 10.9. The number of allylic oxidation sites excluding steroid dienone is 4. The molecular formula is C21H30O2. The first-order valence-corrected chi connectivity index (χ1v) is 9.48. The SMILES string of the molecule is C[C@@H](O)[C@@H]1CC[C@@H]2[C@H]3CCC4=CC(=O)C=C[C@]4(C)[C@@H]3CC[C@@]21C. The van der Waals surface area contributed by atoms with E-state index in [9.17, 15) is 9.90 Å². The lowest BCUT2D eigenvalue weighted by atomic mass is 9.47. The smallest absolute Gasteiger partial charge is 0.178 e. The first-order valence-electron chi connectivity index (χ1n) is 9.48. The minimum Gasteiger partial charge on any atom is -0.393 e. The largest absolute Gasteiger partial charge is 0.393 e. The standard InChI is InChI=1S/C21H30O2/c1-13(22)17-6-7-18-16-5-4-14-12-15(23)8-10-20(14,2)19(16)9-11-21(17,18)3/h8,10,12-13,16-19,22H,4-7,9,11H2,1-3H3/t13-,16-,17+,18-,19-,20+,21-/m1/s1. The van der Waals surface area contributed by atoms with Crippen LogP contribution in [0, 0.1) is 34.5 Å². The van der Waals surface area contributed by atoms with Gasteiger partial charge in [-0.2, -0.15) is 0 Å². The number of aliphatic hydroxyl groups is 1. The molecule has 2 heteroatoms. The van der Waals surface area contributed by atoms with Gasteiger partial charge >= 0.3 is 0 Å². The molecule has 0 aliphatic heterocycles. The Labute approximate surface area is 140 Å². The van der Waals surface area contributed by atoms with Crippen molar-refractivity contribution in [3.05, 3.63) is 23.8 Å². The second-order valence-electron chi connectivity index (χ2n) is 9.07. The lowest BCUT2D eigenvalue weighted by Gasteiger charge is -2.57. The maximum Gasteiger partial charge on any atom is 0.178 e. The molecule has 3 saturated carbocycles. The number of aliphatic hydroxyl groups excluding tert-OH is 1. The van der Waals surface area contributed by atoms with Crippen molar-refractivity contribution in [1.82, 2.24) is 0 Å². The van der Waals surface area contributed by atoms with Crippen LogP contribution in [0.2, 0.25) is 0 Å². The van der Waals surface area contributed by atoms with Crippen LogP contribution in [0.5, 0.6) is 0 Å². The first kappa shape index (κ1) is 15.6. The number of carbonyl (C=O) groups excluding carboxylic acids is 1. The Kier molecular flexibility index (Phi) is 3.43. The minimum absolute atomic E-state index is 0.0983. The Bertz CT molecular complexity index is 587. The summed E-state index contributed by atoms with van der Waals surface area (Å²) in [6.45, 7) is 6.80. The third-order valence-corrected chi connectivity index (χ3v) is 8.21. The van der Waals surface area contributed by atoms with Gasteiger partial charge in [-0.05, 0) is 86.7 Å². The molecule has 0 saturated heterocycles. The Morgan fingerprint density at radius 3 is 2.70 bits per heavy atom. The maximum atomic E-state index is 11.8. The highest BCUT2D eigenvalue weighted by Crippen LogP contribution is 2.66.